The molecule has 2 aromatic heterocycles. The molecule has 0 aliphatic carbocycles. The van der Waals surface area contributed by atoms with Crippen LogP contribution in [0.4, 0.5) is 5.69 Å². The maximum Gasteiger partial charge on any atom is 0.271 e. The summed E-state index contributed by atoms with van der Waals surface area (Å²) in [5.74, 6) is -0.867. The summed E-state index contributed by atoms with van der Waals surface area (Å²) < 4.78 is 26.4. The van der Waals surface area contributed by atoms with Gasteiger partial charge in [0.1, 0.15) is 11.4 Å². The van der Waals surface area contributed by atoms with Crippen LogP contribution in [0.15, 0.2) is 53.7 Å². The Morgan fingerprint density at radius 2 is 2.04 bits per heavy atom. The number of sulfonamides is 1. The van der Waals surface area contributed by atoms with E-state index in [9.17, 15) is 18.3 Å². The number of fused-ring (bicyclic) bond motifs is 1. The Morgan fingerprint density at radius 1 is 1.26 bits per heavy atom. The van der Waals surface area contributed by atoms with Crippen LogP contribution in [0, 0.1) is 0 Å². The number of anilines is 1. The van der Waals surface area contributed by atoms with Gasteiger partial charge in [0.25, 0.3) is 10.0 Å². The summed E-state index contributed by atoms with van der Waals surface area (Å²) in [4.78, 5) is 18.8. The van der Waals surface area contributed by atoms with Crippen LogP contribution in [0.1, 0.15) is 6.92 Å². The van der Waals surface area contributed by atoms with Crippen molar-refractivity contribution in [3.8, 4) is 5.75 Å². The summed E-state index contributed by atoms with van der Waals surface area (Å²) in [6, 6.07) is 8.49. The molecule has 0 aliphatic rings. The molecule has 0 saturated heterocycles. The van der Waals surface area contributed by atoms with Gasteiger partial charge in [-0.3, -0.25) is 4.79 Å². The lowest BCUT2D eigenvalue weighted by Gasteiger charge is -2.20. The van der Waals surface area contributed by atoms with Crippen LogP contribution < -0.4 is 4.31 Å². The second-order valence-corrected chi connectivity index (χ2v) is 6.65. The first-order chi connectivity index (χ1) is 10.9. The third-order valence-electron chi connectivity index (χ3n) is 3.29. The Morgan fingerprint density at radius 3 is 2.74 bits per heavy atom. The van der Waals surface area contributed by atoms with Gasteiger partial charge in [-0.25, -0.2) is 17.7 Å². The molecular weight excluding hydrogens is 318 g/mol. The highest BCUT2D eigenvalue weighted by atomic mass is 32.2. The van der Waals surface area contributed by atoms with E-state index in [-0.39, 0.29) is 16.3 Å². The van der Waals surface area contributed by atoms with Gasteiger partial charge in [-0.1, -0.05) is 6.07 Å². The summed E-state index contributed by atoms with van der Waals surface area (Å²) in [6.45, 7) is 1.16. The van der Waals surface area contributed by atoms with Crippen molar-refractivity contribution in [3.05, 3.63) is 48.8 Å². The van der Waals surface area contributed by atoms with E-state index in [0.29, 0.717) is 15.3 Å². The number of carbonyl (C=O) groups is 1. The first-order valence-corrected chi connectivity index (χ1v) is 8.12. The van der Waals surface area contributed by atoms with Gasteiger partial charge in [-0.2, -0.15) is 0 Å². The van der Waals surface area contributed by atoms with Crippen molar-refractivity contribution in [1.82, 2.24) is 9.97 Å². The molecule has 0 saturated carbocycles. The van der Waals surface area contributed by atoms with Gasteiger partial charge in [-0.05, 0) is 24.3 Å². The smallest absolute Gasteiger partial charge is 0.271 e. The Balaban J connectivity index is 2.22. The highest BCUT2D eigenvalue weighted by Gasteiger charge is 2.30. The quantitative estimate of drug-likeness (QED) is 0.764. The number of pyridine rings is 1. The molecule has 0 unspecified atom stereocenters. The second-order valence-electron chi connectivity index (χ2n) is 4.86. The number of carbonyl (C=O) groups excluding carboxylic acids is 1. The minimum absolute atomic E-state index is 0.175. The lowest BCUT2D eigenvalue weighted by molar-refractivity contribution is -0.115. The molecule has 0 aliphatic heterocycles. The molecule has 3 aromatic rings. The van der Waals surface area contributed by atoms with Crippen molar-refractivity contribution in [2.45, 2.75) is 11.8 Å². The van der Waals surface area contributed by atoms with E-state index in [2.05, 4.69) is 9.97 Å². The Labute approximate surface area is 132 Å². The lowest BCUT2D eigenvalue weighted by Crippen LogP contribution is -2.35. The molecule has 3 rings (SSSR count). The number of nitrogens with zero attached hydrogens (tertiary/aromatic N) is 2. The first-order valence-electron chi connectivity index (χ1n) is 6.68. The number of nitrogens with one attached hydrogen (secondary N) is 1. The number of rotatable bonds is 3. The van der Waals surface area contributed by atoms with Crippen LogP contribution in [0.25, 0.3) is 11.0 Å². The van der Waals surface area contributed by atoms with Gasteiger partial charge in [0.05, 0.1) is 10.6 Å². The Kier molecular flexibility index (Phi) is 3.53. The topological polar surface area (TPSA) is 103 Å². The normalized spacial score (nSPS) is 11.5. The van der Waals surface area contributed by atoms with Crippen LogP contribution in [0.2, 0.25) is 0 Å². The number of phenolic OH excluding ortho intramolecular Hbond substituents is 1. The zero-order chi connectivity index (χ0) is 16.6. The van der Waals surface area contributed by atoms with Crippen LogP contribution in [0.3, 0.4) is 0 Å². The van der Waals surface area contributed by atoms with Crippen molar-refractivity contribution >= 4 is 32.7 Å². The SMILES string of the molecule is CC(=O)N(c1c[nH]c2ncccc12)S(=O)(=O)c1cccc(O)c1. The molecule has 0 fully saturated rings. The van der Waals surface area contributed by atoms with E-state index in [4.69, 9.17) is 0 Å². The van der Waals surface area contributed by atoms with Gasteiger partial charge in [0, 0.05) is 30.8 Å². The average Bonchev–Trinajstić information content (AvgIpc) is 2.91. The maximum atomic E-state index is 12.8. The minimum Gasteiger partial charge on any atom is -0.508 e. The zero-order valence-corrected chi connectivity index (χ0v) is 12.9. The number of hydrogen-bond donors (Lipinski definition) is 2. The van der Waals surface area contributed by atoms with Crippen molar-refractivity contribution in [2.24, 2.45) is 0 Å². The molecule has 0 atom stereocenters. The van der Waals surface area contributed by atoms with E-state index in [1.165, 1.54) is 24.4 Å². The van der Waals surface area contributed by atoms with Crippen molar-refractivity contribution in [2.75, 3.05) is 4.31 Å². The number of aromatic amines is 1. The monoisotopic (exact) mass is 331 g/mol. The second kappa shape index (κ2) is 5.40. The third-order valence-corrected chi connectivity index (χ3v) is 5.07. The van der Waals surface area contributed by atoms with Crippen LogP contribution in [-0.4, -0.2) is 29.4 Å². The summed E-state index contributed by atoms with van der Waals surface area (Å²) in [5, 5.41) is 10.0. The zero-order valence-electron chi connectivity index (χ0n) is 12.1. The predicted molar refractivity (Wildman–Crippen MR) is 84.5 cm³/mol. The van der Waals surface area contributed by atoms with E-state index < -0.39 is 15.9 Å². The number of phenols is 1. The number of aromatic hydroxyl groups is 1. The van der Waals surface area contributed by atoms with Gasteiger partial charge >= 0.3 is 0 Å². The van der Waals surface area contributed by atoms with Crippen LogP contribution >= 0.6 is 0 Å². The fourth-order valence-electron chi connectivity index (χ4n) is 2.33. The Bertz CT molecular complexity index is 995. The predicted octanol–water partition coefficient (Wildman–Crippen LogP) is 2.01. The molecule has 1 amide bonds. The van der Waals surface area contributed by atoms with Crippen LogP contribution in [0.5, 0.6) is 5.75 Å². The fourth-order valence-corrected chi connectivity index (χ4v) is 3.81. The molecule has 8 heteroatoms. The molecule has 7 nitrogen and oxygen atoms in total. The summed E-state index contributed by atoms with van der Waals surface area (Å²) >= 11 is 0. The highest BCUT2D eigenvalue weighted by molar-refractivity contribution is 7.93. The maximum absolute atomic E-state index is 12.8. The number of aromatic nitrogens is 2. The van der Waals surface area contributed by atoms with Gasteiger partial charge in [-0.15, -0.1) is 0 Å². The van der Waals surface area contributed by atoms with E-state index >= 15 is 0 Å². The number of amides is 1. The molecule has 2 N–H and O–H groups in total. The van der Waals surface area contributed by atoms with Crippen molar-refractivity contribution in [1.29, 1.82) is 0 Å². The van der Waals surface area contributed by atoms with Crippen molar-refractivity contribution in [3.63, 3.8) is 0 Å². The van der Waals surface area contributed by atoms with E-state index in [1.54, 1.807) is 18.3 Å². The molecule has 23 heavy (non-hydrogen) atoms. The molecule has 0 radical (unpaired) electrons. The van der Waals surface area contributed by atoms with Gasteiger partial charge in [0.15, 0.2) is 0 Å². The largest absolute Gasteiger partial charge is 0.508 e. The molecule has 118 valence electrons. The number of benzene rings is 1. The summed E-state index contributed by atoms with van der Waals surface area (Å²) in [5.41, 5.74) is 0.656. The van der Waals surface area contributed by atoms with Gasteiger partial charge in [0.2, 0.25) is 5.91 Å². The number of hydrogen-bond acceptors (Lipinski definition) is 5. The standard InChI is InChI=1S/C15H13N3O4S/c1-10(19)18(14-9-17-15-13(14)6-3-7-16-15)23(21,22)12-5-2-4-11(20)8-12/h2-9,20H,1H3,(H,16,17). The molecule has 2 heterocycles. The molecular formula is C15H13N3O4S. The minimum atomic E-state index is -4.16. The molecule has 0 spiro atoms. The average molecular weight is 331 g/mol. The molecule has 0 bridgehead atoms. The van der Waals surface area contributed by atoms with Crippen molar-refractivity contribution < 1.29 is 18.3 Å². The fraction of sp³-hybridized carbons (Fsp3) is 0.0667. The number of H-pyrrole nitrogens is 1. The summed E-state index contributed by atoms with van der Waals surface area (Å²) in [7, 11) is -4.16. The van der Waals surface area contributed by atoms with E-state index in [0.717, 1.165) is 13.0 Å². The molecule has 1 aromatic carbocycles. The summed E-state index contributed by atoms with van der Waals surface area (Å²) in [6.07, 6.45) is 2.98. The van der Waals surface area contributed by atoms with Crippen LogP contribution in [-0.2, 0) is 14.8 Å². The van der Waals surface area contributed by atoms with E-state index in [1.807, 2.05) is 0 Å². The first kappa shape index (κ1) is 15.0. The third kappa shape index (κ3) is 2.53. The highest BCUT2D eigenvalue weighted by Crippen LogP contribution is 2.31. The Hall–Kier alpha value is -2.87. The van der Waals surface area contributed by atoms with Gasteiger partial charge < -0.3 is 10.1 Å². The lowest BCUT2D eigenvalue weighted by atomic mass is 10.3.